The first-order chi connectivity index (χ1) is 15.6. The van der Waals surface area contributed by atoms with Crippen molar-refractivity contribution < 1.29 is 4.79 Å². The van der Waals surface area contributed by atoms with Gasteiger partial charge in [0.05, 0.1) is 5.75 Å². The van der Waals surface area contributed by atoms with Gasteiger partial charge < -0.3 is 9.88 Å². The van der Waals surface area contributed by atoms with Gasteiger partial charge in [-0.1, -0.05) is 79.3 Å². The van der Waals surface area contributed by atoms with Crippen molar-refractivity contribution in [2.24, 2.45) is 0 Å². The minimum absolute atomic E-state index is 0.0275. The average Bonchev–Trinajstić information content (AvgIpc) is 3.20. The van der Waals surface area contributed by atoms with Crippen LogP contribution in [0, 0.1) is 6.92 Å². The molecular weight excluding hydrogens is 416 g/mol. The Morgan fingerprint density at radius 3 is 2.53 bits per heavy atom. The van der Waals surface area contributed by atoms with Gasteiger partial charge in [-0.2, -0.15) is 0 Å². The van der Waals surface area contributed by atoms with E-state index in [0.29, 0.717) is 12.2 Å². The Morgan fingerprint density at radius 2 is 1.72 bits per heavy atom. The zero-order valence-corrected chi connectivity index (χ0v) is 19.6. The number of amides is 1. The van der Waals surface area contributed by atoms with E-state index in [4.69, 9.17) is 0 Å². The minimum Gasteiger partial charge on any atom is -0.325 e. The molecule has 0 unspecified atom stereocenters. The van der Waals surface area contributed by atoms with Crippen LogP contribution in [0.4, 0.5) is 5.69 Å². The number of rotatable bonds is 8. The van der Waals surface area contributed by atoms with Crippen molar-refractivity contribution in [3.05, 3.63) is 83.2 Å². The van der Waals surface area contributed by atoms with E-state index in [-0.39, 0.29) is 5.91 Å². The van der Waals surface area contributed by atoms with Gasteiger partial charge in [-0.15, -0.1) is 10.2 Å². The van der Waals surface area contributed by atoms with Gasteiger partial charge in [0.2, 0.25) is 5.91 Å². The maximum absolute atomic E-state index is 12.7. The Labute approximate surface area is 193 Å². The lowest BCUT2D eigenvalue weighted by Gasteiger charge is -2.13. The quantitative estimate of drug-likeness (QED) is 0.357. The fraction of sp³-hybridized carbons (Fsp3) is 0.269. The summed E-state index contributed by atoms with van der Waals surface area (Å²) in [5.74, 6) is 1.18. The Kier molecular flexibility index (Phi) is 6.90. The summed E-state index contributed by atoms with van der Waals surface area (Å²) >= 11 is 1.43. The molecule has 0 aliphatic rings. The van der Waals surface area contributed by atoms with Crippen LogP contribution in [-0.2, 0) is 24.2 Å². The third-order valence-electron chi connectivity index (χ3n) is 5.67. The number of para-hydroxylation sites is 1. The highest BCUT2D eigenvalue weighted by molar-refractivity contribution is 7.99. The van der Waals surface area contributed by atoms with Gasteiger partial charge >= 0.3 is 0 Å². The molecule has 1 N–H and O–H groups in total. The molecule has 5 nitrogen and oxygen atoms in total. The molecule has 0 spiro atoms. The highest BCUT2D eigenvalue weighted by atomic mass is 32.2. The molecule has 0 bridgehead atoms. The fourth-order valence-electron chi connectivity index (χ4n) is 4.00. The van der Waals surface area contributed by atoms with E-state index in [1.165, 1.54) is 28.1 Å². The molecule has 0 saturated heterocycles. The topological polar surface area (TPSA) is 59.8 Å². The number of hydrogen-bond acceptors (Lipinski definition) is 4. The average molecular weight is 445 g/mol. The first-order valence-electron chi connectivity index (χ1n) is 11.0. The number of aromatic nitrogens is 3. The van der Waals surface area contributed by atoms with Crippen LogP contribution in [0.1, 0.15) is 36.4 Å². The zero-order valence-electron chi connectivity index (χ0n) is 18.8. The number of carbonyl (C=O) groups is 1. The fourth-order valence-corrected chi connectivity index (χ4v) is 4.82. The van der Waals surface area contributed by atoms with E-state index >= 15 is 0 Å². The van der Waals surface area contributed by atoms with Gasteiger partial charge in [-0.3, -0.25) is 4.79 Å². The Balaban J connectivity index is 1.47. The van der Waals surface area contributed by atoms with E-state index in [0.717, 1.165) is 40.8 Å². The molecule has 0 aliphatic heterocycles. The molecule has 3 aromatic carbocycles. The number of nitrogens with one attached hydrogen (secondary N) is 1. The first-order valence-corrected chi connectivity index (χ1v) is 12.0. The molecule has 0 atom stereocenters. The van der Waals surface area contributed by atoms with Crippen LogP contribution in [0.25, 0.3) is 10.8 Å². The zero-order chi connectivity index (χ0) is 22.5. The molecule has 0 radical (unpaired) electrons. The second-order valence-electron chi connectivity index (χ2n) is 7.76. The van der Waals surface area contributed by atoms with Crippen molar-refractivity contribution in [1.82, 2.24) is 14.8 Å². The van der Waals surface area contributed by atoms with E-state index in [1.54, 1.807) is 0 Å². The number of hydrogen-bond donors (Lipinski definition) is 1. The standard InChI is InChI=1S/C26H28N4OS/c1-4-19-12-8-10-18(3)25(19)27-24(31)17-32-26-29-28-23(30(26)5-2)16-21-14-9-13-20-11-6-7-15-22(20)21/h6-15H,4-5,16-17H2,1-3H3,(H,27,31). The van der Waals surface area contributed by atoms with E-state index in [2.05, 4.69) is 82.5 Å². The Hall–Kier alpha value is -3.12. The molecule has 0 fully saturated rings. The number of aryl methyl sites for hydroxylation is 2. The van der Waals surface area contributed by atoms with Crippen LogP contribution in [-0.4, -0.2) is 26.4 Å². The lowest BCUT2D eigenvalue weighted by molar-refractivity contribution is -0.113. The highest BCUT2D eigenvalue weighted by Gasteiger charge is 2.15. The summed E-state index contributed by atoms with van der Waals surface area (Å²) in [7, 11) is 0. The lowest BCUT2D eigenvalue weighted by atomic mass is 10.0. The maximum atomic E-state index is 12.7. The number of anilines is 1. The summed E-state index contributed by atoms with van der Waals surface area (Å²) < 4.78 is 2.10. The van der Waals surface area contributed by atoms with Crippen LogP contribution < -0.4 is 5.32 Å². The smallest absolute Gasteiger partial charge is 0.234 e. The number of benzene rings is 3. The second-order valence-corrected chi connectivity index (χ2v) is 8.70. The Bertz CT molecular complexity index is 1240. The van der Waals surface area contributed by atoms with Crippen LogP contribution in [0.15, 0.2) is 65.8 Å². The molecule has 4 rings (SSSR count). The summed E-state index contributed by atoms with van der Waals surface area (Å²) in [4.78, 5) is 12.7. The van der Waals surface area contributed by atoms with Crippen molar-refractivity contribution in [2.75, 3.05) is 11.1 Å². The van der Waals surface area contributed by atoms with E-state index in [9.17, 15) is 4.79 Å². The Morgan fingerprint density at radius 1 is 0.969 bits per heavy atom. The van der Waals surface area contributed by atoms with Gasteiger partial charge in [-0.05, 0) is 47.7 Å². The number of carbonyl (C=O) groups excluding carboxylic acids is 1. The highest BCUT2D eigenvalue weighted by Crippen LogP contribution is 2.25. The van der Waals surface area contributed by atoms with Crippen LogP contribution in [0.5, 0.6) is 0 Å². The monoisotopic (exact) mass is 444 g/mol. The van der Waals surface area contributed by atoms with Gasteiger partial charge in [-0.25, -0.2) is 0 Å². The summed E-state index contributed by atoms with van der Waals surface area (Å²) in [6, 6.07) is 20.9. The molecule has 1 amide bonds. The minimum atomic E-state index is -0.0275. The molecule has 0 saturated carbocycles. The van der Waals surface area contributed by atoms with Crippen molar-refractivity contribution in [1.29, 1.82) is 0 Å². The molecular formula is C26H28N4OS. The summed E-state index contributed by atoms with van der Waals surface area (Å²) in [6.45, 7) is 6.96. The van der Waals surface area contributed by atoms with Crippen LogP contribution in [0.3, 0.4) is 0 Å². The SMILES string of the molecule is CCc1cccc(C)c1NC(=O)CSc1nnc(Cc2cccc3ccccc23)n1CC. The number of thioether (sulfide) groups is 1. The molecule has 6 heteroatoms. The molecule has 1 heterocycles. The van der Waals surface area contributed by atoms with Gasteiger partial charge in [0.15, 0.2) is 5.16 Å². The van der Waals surface area contributed by atoms with Crippen molar-refractivity contribution in [2.45, 2.75) is 45.3 Å². The van der Waals surface area contributed by atoms with Crippen molar-refractivity contribution in [3.8, 4) is 0 Å². The molecule has 4 aromatic rings. The summed E-state index contributed by atoms with van der Waals surface area (Å²) in [6.07, 6.45) is 1.59. The molecule has 0 aliphatic carbocycles. The predicted octanol–water partition coefficient (Wildman–Crippen LogP) is 5.64. The van der Waals surface area contributed by atoms with Crippen molar-refractivity contribution >= 4 is 34.1 Å². The maximum Gasteiger partial charge on any atom is 0.234 e. The van der Waals surface area contributed by atoms with E-state index in [1.807, 2.05) is 19.1 Å². The largest absolute Gasteiger partial charge is 0.325 e. The van der Waals surface area contributed by atoms with Gasteiger partial charge in [0.25, 0.3) is 0 Å². The lowest BCUT2D eigenvalue weighted by Crippen LogP contribution is -2.16. The first kappa shape index (κ1) is 22.1. The molecule has 1 aromatic heterocycles. The second kappa shape index (κ2) is 10.0. The van der Waals surface area contributed by atoms with E-state index < -0.39 is 0 Å². The molecule has 164 valence electrons. The third kappa shape index (κ3) is 4.70. The number of nitrogens with zero attached hydrogens (tertiary/aromatic N) is 3. The van der Waals surface area contributed by atoms with Gasteiger partial charge in [0.1, 0.15) is 5.82 Å². The summed E-state index contributed by atoms with van der Waals surface area (Å²) in [5, 5.41) is 15.2. The van der Waals surface area contributed by atoms with Crippen molar-refractivity contribution in [3.63, 3.8) is 0 Å². The number of fused-ring (bicyclic) bond motifs is 1. The third-order valence-corrected chi connectivity index (χ3v) is 6.64. The van der Waals surface area contributed by atoms with Gasteiger partial charge in [0, 0.05) is 18.7 Å². The summed E-state index contributed by atoms with van der Waals surface area (Å²) in [5.41, 5.74) is 4.38. The van der Waals surface area contributed by atoms with Crippen LogP contribution >= 0.6 is 11.8 Å². The predicted molar refractivity (Wildman–Crippen MR) is 132 cm³/mol. The van der Waals surface area contributed by atoms with Crippen LogP contribution in [0.2, 0.25) is 0 Å². The normalized spacial score (nSPS) is 11.1. The molecule has 32 heavy (non-hydrogen) atoms.